The lowest BCUT2D eigenvalue weighted by Crippen LogP contribution is -2.35. The standard InChI is InChI=1S/C22H15ClO2/c23-13-25-21(24)22-11-3-5-15(22)12-19-18-8-7-14-4-1-2-6-16(14)17(18)9-10-20(19)22/h1-10,12H,11,13H2. The van der Waals surface area contributed by atoms with E-state index in [1.54, 1.807) is 0 Å². The van der Waals surface area contributed by atoms with Gasteiger partial charge in [0, 0.05) is 0 Å². The number of carbonyl (C=O) groups excluding carboxylic acids is 1. The number of hydrogen-bond acceptors (Lipinski definition) is 2. The number of fused-ring (bicyclic) bond motifs is 7. The molecule has 1 atom stereocenters. The van der Waals surface area contributed by atoms with E-state index in [0.717, 1.165) is 16.7 Å². The summed E-state index contributed by atoms with van der Waals surface area (Å²) in [6, 6.07) is 16.8. The monoisotopic (exact) mass is 346 g/mol. The van der Waals surface area contributed by atoms with Crippen LogP contribution in [-0.2, 0) is 14.9 Å². The minimum absolute atomic E-state index is 0.124. The van der Waals surface area contributed by atoms with E-state index in [1.165, 1.54) is 21.5 Å². The van der Waals surface area contributed by atoms with Crippen LogP contribution in [0.4, 0.5) is 0 Å². The fourth-order valence-electron chi connectivity index (χ4n) is 4.34. The molecular formula is C22H15ClO2. The van der Waals surface area contributed by atoms with Crippen LogP contribution >= 0.6 is 11.6 Å². The van der Waals surface area contributed by atoms with Gasteiger partial charge in [-0.25, -0.2) is 0 Å². The molecule has 0 fully saturated rings. The van der Waals surface area contributed by atoms with Gasteiger partial charge in [-0.05, 0) is 50.7 Å². The number of alkyl halides is 1. The van der Waals surface area contributed by atoms with Gasteiger partial charge in [-0.3, -0.25) is 4.79 Å². The Balaban J connectivity index is 1.82. The summed E-state index contributed by atoms with van der Waals surface area (Å²) < 4.78 is 5.22. The van der Waals surface area contributed by atoms with E-state index in [1.807, 2.05) is 12.2 Å². The van der Waals surface area contributed by atoms with Gasteiger partial charge in [0.1, 0.15) is 5.41 Å². The quantitative estimate of drug-likeness (QED) is 0.356. The summed E-state index contributed by atoms with van der Waals surface area (Å²) in [5, 5.41) is 4.83. The highest BCUT2D eigenvalue weighted by Gasteiger charge is 2.50. The molecule has 0 N–H and O–H groups in total. The number of halogens is 1. The van der Waals surface area contributed by atoms with Crippen molar-refractivity contribution in [2.45, 2.75) is 11.8 Å². The molecule has 3 aromatic carbocycles. The largest absolute Gasteiger partial charge is 0.448 e. The van der Waals surface area contributed by atoms with Gasteiger partial charge < -0.3 is 4.74 Å². The molecule has 0 radical (unpaired) electrons. The third-order valence-electron chi connectivity index (χ3n) is 5.48. The Morgan fingerprint density at radius 3 is 2.76 bits per heavy atom. The molecule has 0 saturated heterocycles. The van der Waals surface area contributed by atoms with E-state index in [0.29, 0.717) is 6.42 Å². The first-order chi connectivity index (χ1) is 12.3. The summed E-state index contributed by atoms with van der Waals surface area (Å²) in [5.41, 5.74) is 2.40. The van der Waals surface area contributed by atoms with Crippen LogP contribution in [0.2, 0.25) is 0 Å². The number of carbonyl (C=O) groups is 1. The zero-order chi connectivity index (χ0) is 17.0. The van der Waals surface area contributed by atoms with E-state index < -0.39 is 5.41 Å². The Kier molecular flexibility index (Phi) is 3.07. The van der Waals surface area contributed by atoms with Crippen LogP contribution in [-0.4, -0.2) is 12.0 Å². The Morgan fingerprint density at radius 1 is 1.04 bits per heavy atom. The van der Waals surface area contributed by atoms with Gasteiger partial charge in [0.2, 0.25) is 0 Å². The van der Waals surface area contributed by atoms with Crippen molar-refractivity contribution in [1.82, 2.24) is 0 Å². The first-order valence-electron chi connectivity index (χ1n) is 8.32. The minimum Gasteiger partial charge on any atom is -0.448 e. The summed E-state index contributed by atoms with van der Waals surface area (Å²) in [7, 11) is 0. The molecule has 5 rings (SSSR count). The maximum Gasteiger partial charge on any atom is 0.322 e. The molecule has 122 valence electrons. The third kappa shape index (κ3) is 1.83. The van der Waals surface area contributed by atoms with Crippen LogP contribution in [0.5, 0.6) is 0 Å². The molecule has 25 heavy (non-hydrogen) atoms. The normalized spacial score (nSPS) is 20.6. The summed E-state index contributed by atoms with van der Waals surface area (Å²) in [5.74, 6) is -0.266. The molecule has 3 heteroatoms. The molecule has 0 heterocycles. The average Bonchev–Trinajstić information content (AvgIpc) is 3.19. The SMILES string of the molecule is O=C(OCCl)C12CC=CC1=Cc1c2ccc2c1ccc1ccccc12. The van der Waals surface area contributed by atoms with Crippen molar-refractivity contribution in [1.29, 1.82) is 0 Å². The van der Waals surface area contributed by atoms with Crippen molar-refractivity contribution in [3.05, 3.63) is 77.4 Å². The van der Waals surface area contributed by atoms with Crippen LogP contribution in [0.25, 0.3) is 27.6 Å². The molecule has 1 unspecified atom stereocenters. The predicted molar refractivity (Wildman–Crippen MR) is 102 cm³/mol. The average molecular weight is 347 g/mol. The highest BCUT2D eigenvalue weighted by Crippen LogP contribution is 2.51. The summed E-state index contributed by atoms with van der Waals surface area (Å²) >= 11 is 5.67. The lowest BCUT2D eigenvalue weighted by atomic mass is 9.77. The lowest BCUT2D eigenvalue weighted by Gasteiger charge is -2.26. The van der Waals surface area contributed by atoms with Crippen LogP contribution in [0.1, 0.15) is 17.5 Å². The molecule has 0 amide bonds. The second kappa shape index (κ2) is 5.21. The number of benzene rings is 3. The van der Waals surface area contributed by atoms with Crippen molar-refractivity contribution in [3.8, 4) is 0 Å². The molecule has 3 aromatic rings. The lowest BCUT2D eigenvalue weighted by molar-refractivity contribution is -0.146. The first kappa shape index (κ1) is 14.7. The topological polar surface area (TPSA) is 26.3 Å². The molecular weight excluding hydrogens is 332 g/mol. The molecule has 0 spiro atoms. The number of hydrogen-bond donors (Lipinski definition) is 0. The molecule has 0 aromatic heterocycles. The molecule has 0 aliphatic heterocycles. The van der Waals surface area contributed by atoms with Gasteiger partial charge in [-0.15, -0.1) is 0 Å². The molecule has 2 aliphatic rings. The third-order valence-corrected chi connectivity index (χ3v) is 5.58. The van der Waals surface area contributed by atoms with Crippen molar-refractivity contribution in [2.24, 2.45) is 0 Å². The maximum absolute atomic E-state index is 12.8. The van der Waals surface area contributed by atoms with Crippen molar-refractivity contribution < 1.29 is 9.53 Å². The Morgan fingerprint density at radius 2 is 1.88 bits per heavy atom. The Bertz CT molecular complexity index is 1110. The van der Waals surface area contributed by atoms with Gasteiger partial charge >= 0.3 is 5.97 Å². The maximum atomic E-state index is 12.8. The van der Waals surface area contributed by atoms with E-state index in [2.05, 4.69) is 54.6 Å². The van der Waals surface area contributed by atoms with E-state index in [4.69, 9.17) is 16.3 Å². The molecule has 0 bridgehead atoms. The number of ether oxygens (including phenoxy) is 1. The number of allylic oxidation sites excluding steroid dienone is 2. The van der Waals surface area contributed by atoms with Crippen molar-refractivity contribution in [2.75, 3.05) is 6.07 Å². The van der Waals surface area contributed by atoms with Crippen molar-refractivity contribution >= 4 is 45.2 Å². The molecule has 0 saturated carbocycles. The van der Waals surface area contributed by atoms with Crippen LogP contribution in [0, 0.1) is 0 Å². The van der Waals surface area contributed by atoms with E-state index >= 15 is 0 Å². The van der Waals surface area contributed by atoms with Crippen LogP contribution in [0.3, 0.4) is 0 Å². The fraction of sp³-hybridized carbons (Fsp3) is 0.136. The van der Waals surface area contributed by atoms with Gasteiger partial charge in [0.25, 0.3) is 0 Å². The first-order valence-corrected chi connectivity index (χ1v) is 8.86. The Hall–Kier alpha value is -2.58. The fourth-order valence-corrected chi connectivity index (χ4v) is 4.44. The molecule has 2 nitrogen and oxygen atoms in total. The van der Waals surface area contributed by atoms with Crippen molar-refractivity contribution in [3.63, 3.8) is 0 Å². The minimum atomic E-state index is -0.732. The smallest absolute Gasteiger partial charge is 0.322 e. The van der Waals surface area contributed by atoms with E-state index in [-0.39, 0.29) is 12.0 Å². The predicted octanol–water partition coefficient (Wildman–Crippen LogP) is 5.33. The van der Waals surface area contributed by atoms with Gasteiger partial charge in [-0.1, -0.05) is 72.3 Å². The summed E-state index contributed by atoms with van der Waals surface area (Å²) in [6.45, 7) is 0. The molecule has 2 aliphatic carbocycles. The van der Waals surface area contributed by atoms with Gasteiger partial charge in [-0.2, -0.15) is 0 Å². The zero-order valence-electron chi connectivity index (χ0n) is 13.5. The summed E-state index contributed by atoms with van der Waals surface area (Å²) in [4.78, 5) is 12.8. The summed E-state index contributed by atoms with van der Waals surface area (Å²) in [6.07, 6.45) is 6.82. The van der Waals surface area contributed by atoms with Crippen LogP contribution in [0.15, 0.2) is 66.3 Å². The second-order valence-corrected chi connectivity index (χ2v) is 6.78. The Labute approximate surface area is 150 Å². The number of esters is 1. The van der Waals surface area contributed by atoms with E-state index in [9.17, 15) is 4.79 Å². The number of rotatable bonds is 2. The second-order valence-electron chi connectivity index (χ2n) is 6.56. The highest BCUT2D eigenvalue weighted by atomic mass is 35.5. The zero-order valence-corrected chi connectivity index (χ0v) is 14.2. The van der Waals surface area contributed by atoms with Crippen LogP contribution < -0.4 is 0 Å². The van der Waals surface area contributed by atoms with Gasteiger partial charge in [0.15, 0.2) is 6.07 Å². The highest BCUT2D eigenvalue weighted by molar-refractivity contribution is 6.18. The van der Waals surface area contributed by atoms with Gasteiger partial charge in [0.05, 0.1) is 0 Å².